The van der Waals surface area contributed by atoms with Gasteiger partial charge in [-0.2, -0.15) is 0 Å². The number of amides is 2. The zero-order valence-electron chi connectivity index (χ0n) is 26.2. The molecule has 0 atom stereocenters. The Hall–Kier alpha value is -5.00. The van der Waals surface area contributed by atoms with E-state index in [9.17, 15) is 27.5 Å². The number of furan rings is 1. The lowest BCUT2D eigenvalue weighted by Gasteiger charge is -2.26. The van der Waals surface area contributed by atoms with Crippen LogP contribution in [0.15, 0.2) is 95.6 Å². The van der Waals surface area contributed by atoms with Crippen molar-refractivity contribution in [2.75, 3.05) is 40.6 Å². The van der Waals surface area contributed by atoms with E-state index in [2.05, 4.69) is 0 Å². The third-order valence-electron chi connectivity index (χ3n) is 8.35. The molecule has 1 aliphatic carbocycles. The molecule has 0 unspecified atom stereocenters. The zero-order chi connectivity index (χ0) is 33.5. The maximum absolute atomic E-state index is 14.0. The molecular weight excluding hydrogens is 621 g/mol. The second-order valence-electron chi connectivity index (χ2n) is 11.7. The molecule has 1 saturated carbocycles. The Kier molecular flexibility index (Phi) is 8.61. The number of benzene rings is 4. The molecule has 0 aliphatic heterocycles. The molecule has 1 heterocycles. The normalized spacial score (nSPS) is 13.0. The van der Waals surface area contributed by atoms with Crippen LogP contribution in [0, 0.1) is 12.7 Å². The number of aliphatic hydroxyl groups excluding tert-OH is 1. The highest BCUT2D eigenvalue weighted by Gasteiger charge is 2.35. The fourth-order valence-electron chi connectivity index (χ4n) is 5.77. The number of carbonyl (C=O) groups is 2. The quantitative estimate of drug-likeness (QED) is 0.187. The van der Waals surface area contributed by atoms with E-state index in [1.165, 1.54) is 41.5 Å². The van der Waals surface area contributed by atoms with Crippen LogP contribution in [0.3, 0.4) is 0 Å². The summed E-state index contributed by atoms with van der Waals surface area (Å²) < 4.78 is 46.5. The van der Waals surface area contributed by atoms with Crippen molar-refractivity contribution in [3.8, 4) is 11.1 Å². The van der Waals surface area contributed by atoms with Crippen LogP contribution in [0.5, 0.6) is 0 Å². The SMILES string of the molecule is Cc1ccc(C(=O)N(c2ccccc2)C2CC2)cc1-c1cc2c(C(=O)N(C)c3ccc(F)cc3)coc2cc1N(CCO)S(C)(=O)=O. The number of anilines is 3. The Morgan fingerprint density at radius 3 is 2.26 bits per heavy atom. The molecule has 1 N–H and O–H groups in total. The standard InChI is InChI=1S/C36H34FN3O6S/c1-23-9-10-24(35(42)40(28-15-16-28)27-7-5-4-6-8-27)19-29(23)30-20-31-32(36(43)38(2)26-13-11-25(37)12-14-26)22-46-34(31)21-33(30)39(17-18-41)47(3,44)45/h4-14,19-22,28,41H,15-18H2,1-3H3. The van der Waals surface area contributed by atoms with E-state index < -0.39 is 28.4 Å². The number of hydrogen-bond donors (Lipinski definition) is 1. The first-order valence-corrected chi connectivity index (χ1v) is 17.0. The maximum atomic E-state index is 14.0. The van der Waals surface area contributed by atoms with E-state index >= 15 is 0 Å². The van der Waals surface area contributed by atoms with Gasteiger partial charge in [0.1, 0.15) is 17.7 Å². The van der Waals surface area contributed by atoms with Gasteiger partial charge in [-0.3, -0.25) is 13.9 Å². The van der Waals surface area contributed by atoms with Crippen molar-refractivity contribution in [2.24, 2.45) is 0 Å². The third kappa shape index (κ3) is 6.36. The Morgan fingerprint density at radius 2 is 1.62 bits per heavy atom. The van der Waals surface area contributed by atoms with Gasteiger partial charge in [0.05, 0.1) is 30.7 Å². The zero-order valence-corrected chi connectivity index (χ0v) is 27.0. The van der Waals surface area contributed by atoms with E-state index in [0.717, 1.165) is 34.7 Å². The fraction of sp³-hybridized carbons (Fsp3) is 0.222. The van der Waals surface area contributed by atoms with Crippen LogP contribution < -0.4 is 14.1 Å². The predicted octanol–water partition coefficient (Wildman–Crippen LogP) is 6.39. The summed E-state index contributed by atoms with van der Waals surface area (Å²) >= 11 is 0. The van der Waals surface area contributed by atoms with Crippen LogP contribution in [0.1, 0.15) is 39.1 Å². The Morgan fingerprint density at radius 1 is 0.915 bits per heavy atom. The van der Waals surface area contributed by atoms with Crippen LogP contribution >= 0.6 is 0 Å². The first kappa shape index (κ1) is 32.0. The third-order valence-corrected chi connectivity index (χ3v) is 9.53. The second-order valence-corrected chi connectivity index (χ2v) is 13.6. The summed E-state index contributed by atoms with van der Waals surface area (Å²) in [5.41, 5.74) is 4.13. The average Bonchev–Trinajstić information content (AvgIpc) is 3.80. The number of aryl methyl sites for hydroxylation is 1. The molecule has 47 heavy (non-hydrogen) atoms. The number of carbonyl (C=O) groups excluding carboxylic acids is 2. The van der Waals surface area contributed by atoms with Crippen LogP contribution in [0.2, 0.25) is 0 Å². The minimum absolute atomic E-state index is 0.0874. The fourth-order valence-corrected chi connectivity index (χ4v) is 6.69. The predicted molar refractivity (Wildman–Crippen MR) is 181 cm³/mol. The number of hydrogen-bond acceptors (Lipinski definition) is 6. The van der Waals surface area contributed by atoms with E-state index in [0.29, 0.717) is 27.8 Å². The largest absolute Gasteiger partial charge is 0.463 e. The van der Waals surface area contributed by atoms with Crippen molar-refractivity contribution in [3.05, 3.63) is 114 Å². The number of rotatable bonds is 10. The highest BCUT2D eigenvalue weighted by atomic mass is 32.2. The smallest absolute Gasteiger partial charge is 0.261 e. The van der Waals surface area contributed by atoms with E-state index in [1.54, 1.807) is 30.1 Å². The molecule has 9 nitrogen and oxygen atoms in total. The van der Waals surface area contributed by atoms with Crippen molar-refractivity contribution >= 4 is 49.9 Å². The summed E-state index contributed by atoms with van der Waals surface area (Å²) in [5, 5.41) is 10.3. The number of halogens is 1. The summed E-state index contributed by atoms with van der Waals surface area (Å²) in [7, 11) is -2.32. The van der Waals surface area contributed by atoms with Gasteiger partial charge in [-0.05, 0) is 85.5 Å². The minimum Gasteiger partial charge on any atom is -0.463 e. The summed E-state index contributed by atoms with van der Waals surface area (Å²) in [6, 6.07) is 23.6. The Bertz CT molecular complexity index is 2080. The van der Waals surface area contributed by atoms with E-state index in [-0.39, 0.29) is 35.3 Å². The van der Waals surface area contributed by atoms with Gasteiger partial charge >= 0.3 is 0 Å². The van der Waals surface area contributed by atoms with Crippen molar-refractivity contribution in [2.45, 2.75) is 25.8 Å². The molecular formula is C36H34FN3O6S. The number of nitrogens with zero attached hydrogens (tertiary/aromatic N) is 3. The molecule has 2 amide bonds. The van der Waals surface area contributed by atoms with Gasteiger partial charge in [0.25, 0.3) is 11.8 Å². The lowest BCUT2D eigenvalue weighted by Crippen LogP contribution is -2.33. The van der Waals surface area contributed by atoms with Crippen molar-refractivity contribution in [3.63, 3.8) is 0 Å². The number of aliphatic hydroxyl groups is 1. The molecule has 6 rings (SSSR count). The molecule has 242 valence electrons. The molecule has 1 fully saturated rings. The monoisotopic (exact) mass is 655 g/mol. The summed E-state index contributed by atoms with van der Waals surface area (Å²) in [5.74, 6) is -1.04. The highest BCUT2D eigenvalue weighted by Crippen LogP contribution is 2.41. The molecule has 5 aromatic rings. The number of sulfonamides is 1. The molecule has 0 saturated heterocycles. The van der Waals surface area contributed by atoms with E-state index in [1.807, 2.05) is 43.3 Å². The van der Waals surface area contributed by atoms with Crippen molar-refractivity contribution < 1.29 is 31.9 Å². The molecule has 4 aromatic carbocycles. The van der Waals surface area contributed by atoms with Gasteiger partial charge in [-0.15, -0.1) is 0 Å². The Balaban J connectivity index is 1.51. The van der Waals surface area contributed by atoms with Gasteiger partial charge in [-0.1, -0.05) is 24.3 Å². The van der Waals surface area contributed by atoms with Gasteiger partial charge in [0.2, 0.25) is 10.0 Å². The molecule has 1 aliphatic rings. The molecule has 1 aromatic heterocycles. The number of fused-ring (bicyclic) bond motifs is 1. The molecule has 0 spiro atoms. The first-order chi connectivity index (χ1) is 22.5. The lowest BCUT2D eigenvalue weighted by molar-refractivity contribution is 0.0980. The lowest BCUT2D eigenvalue weighted by atomic mass is 9.94. The van der Waals surface area contributed by atoms with Crippen LogP contribution in [0.4, 0.5) is 21.5 Å². The molecule has 0 radical (unpaired) electrons. The Labute approximate surface area is 272 Å². The van der Waals surface area contributed by atoms with E-state index in [4.69, 9.17) is 4.42 Å². The van der Waals surface area contributed by atoms with Gasteiger partial charge in [0, 0.05) is 47.0 Å². The van der Waals surface area contributed by atoms with Crippen LogP contribution in [-0.4, -0.2) is 57.8 Å². The highest BCUT2D eigenvalue weighted by molar-refractivity contribution is 7.92. The summed E-state index contributed by atoms with van der Waals surface area (Å²) in [4.78, 5) is 30.9. The van der Waals surface area contributed by atoms with Crippen LogP contribution in [0.25, 0.3) is 22.1 Å². The molecule has 11 heteroatoms. The maximum Gasteiger partial charge on any atom is 0.261 e. The number of para-hydroxylation sites is 1. The summed E-state index contributed by atoms with van der Waals surface area (Å²) in [6.07, 6.45) is 4.14. The van der Waals surface area contributed by atoms with Gasteiger partial charge in [0.15, 0.2) is 0 Å². The van der Waals surface area contributed by atoms with Crippen molar-refractivity contribution in [1.82, 2.24) is 0 Å². The molecule has 0 bridgehead atoms. The van der Waals surface area contributed by atoms with Crippen molar-refractivity contribution in [1.29, 1.82) is 0 Å². The topological polar surface area (TPSA) is 111 Å². The van der Waals surface area contributed by atoms with Gasteiger partial charge in [-0.25, -0.2) is 12.8 Å². The van der Waals surface area contributed by atoms with Crippen LogP contribution in [-0.2, 0) is 10.0 Å². The second kappa shape index (κ2) is 12.7. The van der Waals surface area contributed by atoms with Gasteiger partial charge < -0.3 is 19.3 Å². The minimum atomic E-state index is -3.88. The average molecular weight is 656 g/mol. The summed E-state index contributed by atoms with van der Waals surface area (Å²) in [6.45, 7) is 1.19. The first-order valence-electron chi connectivity index (χ1n) is 15.1.